The number of fused-ring (bicyclic) bond motifs is 6. The van der Waals surface area contributed by atoms with Gasteiger partial charge >= 0.3 is 0 Å². The predicted molar refractivity (Wildman–Crippen MR) is 127 cm³/mol. The van der Waals surface area contributed by atoms with Gasteiger partial charge in [-0.05, 0) is 91.8 Å². The summed E-state index contributed by atoms with van der Waals surface area (Å²) in [6, 6.07) is 0. The van der Waals surface area contributed by atoms with Crippen LogP contribution in [0, 0.1) is 53.3 Å². The minimum atomic E-state index is 0. The van der Waals surface area contributed by atoms with Gasteiger partial charge in [0, 0.05) is 0 Å². The van der Waals surface area contributed by atoms with E-state index in [1.165, 1.54) is 38.5 Å². The molecule has 28 heavy (non-hydrogen) atoms. The van der Waals surface area contributed by atoms with Crippen molar-refractivity contribution < 1.29 is 0 Å². The molecule has 0 aromatic rings. The first-order valence-electron chi connectivity index (χ1n) is 11.1. The number of rotatable bonds is 3. The predicted octanol–water partition coefficient (Wildman–Crippen LogP) is 5.97. The van der Waals surface area contributed by atoms with Gasteiger partial charge in [0.25, 0.3) is 0 Å². The fraction of sp³-hybridized carbons (Fsp3) is 0.556. The fourth-order valence-corrected chi connectivity index (χ4v) is 6.28. The van der Waals surface area contributed by atoms with Crippen molar-refractivity contribution in [2.45, 2.75) is 38.5 Å². The molecule has 150 valence electrons. The zero-order valence-corrected chi connectivity index (χ0v) is 16.8. The summed E-state index contributed by atoms with van der Waals surface area (Å²) in [6.07, 6.45) is 28.8. The molecule has 0 saturated heterocycles. The summed E-state index contributed by atoms with van der Waals surface area (Å²) in [5, 5.41) is 0. The molecule has 0 radical (unpaired) electrons. The highest BCUT2D eigenvalue weighted by Gasteiger charge is 2.34. The van der Waals surface area contributed by atoms with Crippen molar-refractivity contribution in [2.75, 3.05) is 0 Å². The number of hydrogen-bond acceptors (Lipinski definition) is 0. The fourth-order valence-electron chi connectivity index (χ4n) is 6.28. The maximum Gasteiger partial charge on any atom is 0.187 e. The van der Waals surface area contributed by atoms with Crippen LogP contribution >= 0.6 is 0 Å². The SMILES string of the molecule is C=CC1CC2C=CC1C2.C=CC1CC2C=CC1C2.C=CC1CC2C=CC1C2.[AlH3]. The lowest BCUT2D eigenvalue weighted by molar-refractivity contribution is 0.551. The van der Waals surface area contributed by atoms with Crippen LogP contribution in [0.1, 0.15) is 38.5 Å². The van der Waals surface area contributed by atoms with E-state index in [1.807, 2.05) is 0 Å². The average molecular weight is 391 g/mol. The Hall–Kier alpha value is -1.03. The van der Waals surface area contributed by atoms with Gasteiger partial charge in [0.1, 0.15) is 0 Å². The van der Waals surface area contributed by atoms with Gasteiger partial charge in [-0.1, -0.05) is 54.7 Å². The number of allylic oxidation sites excluding steroid dienone is 9. The van der Waals surface area contributed by atoms with Gasteiger partial charge in [-0.15, -0.1) is 19.7 Å². The van der Waals surface area contributed by atoms with Crippen LogP contribution in [0.25, 0.3) is 0 Å². The Morgan fingerprint density at radius 3 is 0.857 bits per heavy atom. The zero-order chi connectivity index (χ0) is 18.8. The molecule has 6 aliphatic rings. The molecule has 0 N–H and O–H groups in total. The van der Waals surface area contributed by atoms with E-state index in [4.69, 9.17) is 0 Å². The summed E-state index contributed by atoms with van der Waals surface area (Å²) in [5.41, 5.74) is 0. The lowest BCUT2D eigenvalue weighted by Crippen LogP contribution is -2.01. The Bertz CT molecular complexity index is 563. The smallest absolute Gasteiger partial charge is 0.103 e. The highest BCUT2D eigenvalue weighted by Crippen LogP contribution is 2.45. The lowest BCUT2D eigenvalue weighted by atomic mass is 9.94. The van der Waals surface area contributed by atoms with Gasteiger partial charge in [0.2, 0.25) is 0 Å². The molecule has 9 atom stereocenters. The topological polar surface area (TPSA) is 0 Å². The summed E-state index contributed by atoms with van der Waals surface area (Å²) in [6.45, 7) is 11.5. The highest BCUT2D eigenvalue weighted by atomic mass is 27.0. The Morgan fingerprint density at radius 2 is 0.750 bits per heavy atom. The van der Waals surface area contributed by atoms with Crippen LogP contribution in [0.4, 0.5) is 0 Å². The Kier molecular flexibility index (Phi) is 7.47. The van der Waals surface area contributed by atoms with Crippen molar-refractivity contribution in [3.63, 3.8) is 0 Å². The molecule has 0 heterocycles. The Balaban J connectivity index is 0.000000118. The first kappa shape index (κ1) is 21.7. The van der Waals surface area contributed by atoms with E-state index >= 15 is 0 Å². The molecular weight excluding hydrogens is 351 g/mol. The summed E-state index contributed by atoms with van der Waals surface area (Å²) in [5.74, 6) is 7.68. The van der Waals surface area contributed by atoms with Crippen LogP contribution in [0.2, 0.25) is 0 Å². The maximum absolute atomic E-state index is 3.83. The third kappa shape index (κ3) is 4.58. The van der Waals surface area contributed by atoms with Gasteiger partial charge in [0.05, 0.1) is 0 Å². The van der Waals surface area contributed by atoms with E-state index in [0.717, 1.165) is 53.3 Å². The van der Waals surface area contributed by atoms with Gasteiger partial charge < -0.3 is 0 Å². The number of hydrogen-bond donors (Lipinski definition) is 0. The third-order valence-electron chi connectivity index (χ3n) is 7.90. The minimum absolute atomic E-state index is 0. The van der Waals surface area contributed by atoms with Crippen LogP contribution < -0.4 is 0 Å². The standard InChI is InChI=1S/3C9H12.Al.3H/c3*1-2-8-5-7-3-4-9(8)6-7;;;;/h3*2-4,7-9H,1,5-6H2;;;;. The summed E-state index contributed by atoms with van der Waals surface area (Å²) >= 11 is 0. The van der Waals surface area contributed by atoms with Gasteiger partial charge in [-0.2, -0.15) is 0 Å². The van der Waals surface area contributed by atoms with Crippen molar-refractivity contribution in [1.82, 2.24) is 0 Å². The van der Waals surface area contributed by atoms with Crippen LogP contribution in [-0.2, 0) is 0 Å². The Labute approximate surface area is 183 Å². The molecule has 0 aliphatic heterocycles. The van der Waals surface area contributed by atoms with Crippen molar-refractivity contribution in [2.24, 2.45) is 53.3 Å². The molecule has 6 rings (SSSR count). The van der Waals surface area contributed by atoms with E-state index in [-0.39, 0.29) is 17.4 Å². The van der Waals surface area contributed by atoms with E-state index in [2.05, 4.69) is 74.4 Å². The van der Waals surface area contributed by atoms with Crippen LogP contribution in [0.15, 0.2) is 74.4 Å². The molecule has 3 saturated carbocycles. The minimum Gasteiger partial charge on any atom is -0.103 e. The van der Waals surface area contributed by atoms with Gasteiger partial charge in [-0.25, -0.2) is 0 Å². The molecular formula is C27H39Al. The average Bonchev–Trinajstić information content (AvgIpc) is 3.54. The normalized spacial score (nSPS) is 44.4. The van der Waals surface area contributed by atoms with Crippen molar-refractivity contribution in [3.05, 3.63) is 74.4 Å². The largest absolute Gasteiger partial charge is 0.187 e. The second-order valence-corrected chi connectivity index (χ2v) is 9.54. The van der Waals surface area contributed by atoms with E-state index < -0.39 is 0 Å². The summed E-state index contributed by atoms with van der Waals surface area (Å²) < 4.78 is 0. The monoisotopic (exact) mass is 390 g/mol. The molecule has 0 aromatic heterocycles. The molecule has 3 fully saturated rings. The van der Waals surface area contributed by atoms with Crippen LogP contribution in [0.5, 0.6) is 0 Å². The van der Waals surface area contributed by atoms with Crippen molar-refractivity contribution >= 4 is 17.4 Å². The van der Waals surface area contributed by atoms with Crippen molar-refractivity contribution in [1.29, 1.82) is 0 Å². The Morgan fingerprint density at radius 1 is 0.464 bits per heavy atom. The third-order valence-corrected chi connectivity index (χ3v) is 7.90. The second-order valence-electron chi connectivity index (χ2n) is 9.54. The van der Waals surface area contributed by atoms with Crippen LogP contribution in [-0.4, -0.2) is 17.4 Å². The summed E-state index contributed by atoms with van der Waals surface area (Å²) in [4.78, 5) is 0. The molecule has 0 amide bonds. The van der Waals surface area contributed by atoms with Crippen molar-refractivity contribution in [3.8, 4) is 0 Å². The highest BCUT2D eigenvalue weighted by molar-refractivity contribution is 5.75. The molecule has 6 aliphatic carbocycles. The molecule has 9 unspecified atom stereocenters. The second kappa shape index (κ2) is 9.65. The maximum atomic E-state index is 3.83. The molecule has 0 spiro atoms. The lowest BCUT2D eigenvalue weighted by Gasteiger charge is -2.11. The van der Waals surface area contributed by atoms with Gasteiger partial charge in [-0.3, -0.25) is 0 Å². The molecule has 0 nitrogen and oxygen atoms in total. The quantitative estimate of drug-likeness (QED) is 0.411. The summed E-state index contributed by atoms with van der Waals surface area (Å²) in [7, 11) is 0. The molecule has 6 bridgehead atoms. The van der Waals surface area contributed by atoms with Gasteiger partial charge in [0.15, 0.2) is 17.4 Å². The van der Waals surface area contributed by atoms with E-state index in [1.54, 1.807) is 0 Å². The van der Waals surface area contributed by atoms with Crippen LogP contribution in [0.3, 0.4) is 0 Å². The molecule has 1 heteroatoms. The first-order valence-corrected chi connectivity index (χ1v) is 11.1. The van der Waals surface area contributed by atoms with E-state index in [0.29, 0.717) is 0 Å². The molecule has 0 aromatic carbocycles. The zero-order valence-electron chi connectivity index (χ0n) is 16.8. The van der Waals surface area contributed by atoms with E-state index in [9.17, 15) is 0 Å². The first-order chi connectivity index (χ1) is 13.2.